The van der Waals surface area contributed by atoms with Crippen LogP contribution in [-0.4, -0.2) is 100 Å². The average molecular weight is 703 g/mol. The molecule has 3 N–H and O–H groups in total. The molecule has 1 aliphatic carbocycles. The van der Waals surface area contributed by atoms with E-state index in [0.29, 0.717) is 31.1 Å². The Kier molecular flexibility index (Phi) is 14.0. The fraction of sp³-hybridized carbons (Fsp3) is 0.611. The summed E-state index contributed by atoms with van der Waals surface area (Å²) in [5, 5.41) is 13.4. The second-order valence-corrected chi connectivity index (χ2v) is 15.1. The lowest BCUT2D eigenvalue weighted by Gasteiger charge is -2.36. The van der Waals surface area contributed by atoms with E-state index < -0.39 is 22.0 Å². The molecule has 12 nitrogen and oxygen atoms in total. The number of rotatable bonds is 9. The standard InChI is InChI=1S/C36H54N4O8S/c1-25-22-40(26(2)24-41)35(42)32-21-29(38-49(44,45)31-17-15-30(46-5)16-18-31)14-19-33(32)48-27(3)11-9-10-20-47-34(25)23-39(4)36(43)37-28-12-7-6-8-13-28/h14-19,21,25-28,34,38,41H,6-13,20,22-24H2,1-5H3,(H,37,43)/t25-,26-,27+,34-/m0/s1. The lowest BCUT2D eigenvalue weighted by Crippen LogP contribution is -2.50. The molecule has 0 radical (unpaired) electrons. The minimum Gasteiger partial charge on any atom is -0.497 e. The predicted octanol–water partition coefficient (Wildman–Crippen LogP) is 5.27. The zero-order chi connectivity index (χ0) is 35.6. The maximum atomic E-state index is 14.4. The van der Waals surface area contributed by atoms with Crippen LogP contribution in [0.3, 0.4) is 0 Å². The molecule has 1 heterocycles. The number of anilines is 1. The van der Waals surface area contributed by atoms with E-state index in [1.54, 1.807) is 48.0 Å². The number of likely N-dealkylation sites (N-methyl/N-ethyl adjacent to an activating group) is 1. The van der Waals surface area contributed by atoms with Crippen LogP contribution in [0.15, 0.2) is 47.4 Å². The highest BCUT2D eigenvalue weighted by molar-refractivity contribution is 7.92. The third-order valence-corrected chi connectivity index (χ3v) is 10.8. The molecule has 1 fully saturated rings. The van der Waals surface area contributed by atoms with E-state index in [9.17, 15) is 23.1 Å². The average Bonchev–Trinajstić information content (AvgIpc) is 3.09. The normalized spacial score (nSPS) is 22.2. The number of carbonyl (C=O) groups excluding carboxylic acids is 2. The number of sulfonamides is 1. The summed E-state index contributed by atoms with van der Waals surface area (Å²) in [5.41, 5.74) is 0.365. The third-order valence-electron chi connectivity index (χ3n) is 9.41. The molecule has 4 atom stereocenters. The van der Waals surface area contributed by atoms with Gasteiger partial charge in [0, 0.05) is 44.4 Å². The number of benzene rings is 2. The van der Waals surface area contributed by atoms with Gasteiger partial charge in [-0.3, -0.25) is 9.52 Å². The first-order chi connectivity index (χ1) is 23.4. The number of nitrogens with one attached hydrogen (secondary N) is 2. The van der Waals surface area contributed by atoms with Crippen LogP contribution in [0.2, 0.25) is 0 Å². The van der Waals surface area contributed by atoms with Gasteiger partial charge in [-0.05, 0) is 88.4 Å². The first kappa shape index (κ1) is 38.3. The summed E-state index contributed by atoms with van der Waals surface area (Å²) >= 11 is 0. The van der Waals surface area contributed by atoms with Crippen molar-refractivity contribution in [1.82, 2.24) is 15.1 Å². The highest BCUT2D eigenvalue weighted by atomic mass is 32.2. The van der Waals surface area contributed by atoms with Crippen molar-refractivity contribution >= 4 is 27.6 Å². The SMILES string of the molecule is COc1ccc(S(=O)(=O)Nc2ccc3c(c2)C(=O)N([C@@H](C)CO)C[C@H](C)[C@H](CN(C)C(=O)NC2CCCCC2)OCCCC[C@@H](C)O3)cc1. The number of nitrogens with zero attached hydrogens (tertiary/aromatic N) is 2. The Morgan fingerprint density at radius 1 is 1.06 bits per heavy atom. The molecule has 1 saturated carbocycles. The molecule has 3 amide bonds. The molecule has 272 valence electrons. The summed E-state index contributed by atoms with van der Waals surface area (Å²) in [6, 6.07) is 10.1. The highest BCUT2D eigenvalue weighted by Gasteiger charge is 2.31. The number of hydrogen-bond acceptors (Lipinski definition) is 8. The number of methoxy groups -OCH3 is 1. The summed E-state index contributed by atoms with van der Waals surface area (Å²) in [4.78, 5) is 30.8. The Morgan fingerprint density at radius 2 is 1.76 bits per heavy atom. The molecule has 1 aliphatic heterocycles. The van der Waals surface area contributed by atoms with E-state index in [0.717, 1.165) is 38.5 Å². The largest absolute Gasteiger partial charge is 0.497 e. The number of fused-ring (bicyclic) bond motifs is 1. The smallest absolute Gasteiger partial charge is 0.317 e. The number of aliphatic hydroxyl groups excluding tert-OH is 1. The van der Waals surface area contributed by atoms with Crippen molar-refractivity contribution < 1.29 is 37.3 Å². The van der Waals surface area contributed by atoms with Gasteiger partial charge in [-0.25, -0.2) is 13.2 Å². The quantitative estimate of drug-likeness (QED) is 0.321. The van der Waals surface area contributed by atoms with Gasteiger partial charge in [-0.15, -0.1) is 0 Å². The number of urea groups is 1. The second-order valence-electron chi connectivity index (χ2n) is 13.5. The fourth-order valence-corrected chi connectivity index (χ4v) is 7.35. The van der Waals surface area contributed by atoms with E-state index in [1.807, 2.05) is 13.8 Å². The summed E-state index contributed by atoms with van der Waals surface area (Å²) in [7, 11) is -0.718. The molecule has 2 aromatic rings. The van der Waals surface area contributed by atoms with E-state index in [1.165, 1.54) is 31.7 Å². The van der Waals surface area contributed by atoms with Crippen LogP contribution in [0, 0.1) is 5.92 Å². The van der Waals surface area contributed by atoms with Crippen LogP contribution in [0.5, 0.6) is 11.5 Å². The molecule has 2 aromatic carbocycles. The lowest BCUT2D eigenvalue weighted by molar-refractivity contribution is -0.0123. The van der Waals surface area contributed by atoms with Crippen molar-refractivity contribution in [3.63, 3.8) is 0 Å². The Bertz CT molecular complexity index is 1480. The first-order valence-electron chi connectivity index (χ1n) is 17.4. The van der Waals surface area contributed by atoms with Crippen LogP contribution in [-0.2, 0) is 14.8 Å². The van der Waals surface area contributed by atoms with Crippen molar-refractivity contribution in [2.75, 3.05) is 45.2 Å². The van der Waals surface area contributed by atoms with E-state index in [4.69, 9.17) is 14.2 Å². The molecule has 0 spiro atoms. The van der Waals surface area contributed by atoms with E-state index in [-0.39, 0.29) is 59.5 Å². The lowest BCUT2D eigenvalue weighted by atomic mass is 9.96. The monoisotopic (exact) mass is 702 g/mol. The van der Waals surface area contributed by atoms with Crippen molar-refractivity contribution in [1.29, 1.82) is 0 Å². The van der Waals surface area contributed by atoms with Crippen LogP contribution in [0.25, 0.3) is 0 Å². The van der Waals surface area contributed by atoms with Gasteiger partial charge in [0.1, 0.15) is 11.5 Å². The molecule has 13 heteroatoms. The van der Waals surface area contributed by atoms with Gasteiger partial charge in [0.15, 0.2) is 0 Å². The van der Waals surface area contributed by atoms with Gasteiger partial charge in [0.2, 0.25) is 0 Å². The van der Waals surface area contributed by atoms with Gasteiger partial charge < -0.3 is 34.4 Å². The number of amides is 3. The Hall–Kier alpha value is -3.55. The maximum Gasteiger partial charge on any atom is 0.317 e. The minimum absolute atomic E-state index is 0.0392. The third kappa shape index (κ3) is 10.7. The Morgan fingerprint density at radius 3 is 2.43 bits per heavy atom. The van der Waals surface area contributed by atoms with Crippen LogP contribution >= 0.6 is 0 Å². The molecular formula is C36H54N4O8S. The fourth-order valence-electron chi connectivity index (χ4n) is 6.30. The molecule has 0 unspecified atom stereocenters. The Balaban J connectivity index is 1.61. The molecule has 49 heavy (non-hydrogen) atoms. The maximum absolute atomic E-state index is 14.4. The predicted molar refractivity (Wildman–Crippen MR) is 189 cm³/mol. The number of ether oxygens (including phenoxy) is 3. The summed E-state index contributed by atoms with van der Waals surface area (Å²) < 4.78 is 46.9. The van der Waals surface area contributed by atoms with Crippen molar-refractivity contribution in [3.8, 4) is 11.5 Å². The van der Waals surface area contributed by atoms with Crippen molar-refractivity contribution in [3.05, 3.63) is 48.0 Å². The first-order valence-corrected chi connectivity index (χ1v) is 18.9. The topological polar surface area (TPSA) is 147 Å². The molecule has 2 aliphatic rings. The molecule has 0 bridgehead atoms. The van der Waals surface area contributed by atoms with Crippen molar-refractivity contribution in [2.24, 2.45) is 5.92 Å². The highest BCUT2D eigenvalue weighted by Crippen LogP contribution is 2.30. The van der Waals surface area contributed by atoms with Gasteiger partial charge >= 0.3 is 6.03 Å². The number of carbonyl (C=O) groups is 2. The van der Waals surface area contributed by atoms with Gasteiger partial charge in [0.25, 0.3) is 15.9 Å². The molecule has 0 aromatic heterocycles. The van der Waals surface area contributed by atoms with Gasteiger partial charge in [-0.2, -0.15) is 0 Å². The summed E-state index contributed by atoms with van der Waals surface area (Å²) in [5.74, 6) is 0.222. The number of aliphatic hydroxyl groups is 1. The second kappa shape index (κ2) is 17.9. The van der Waals surface area contributed by atoms with Crippen LogP contribution in [0.4, 0.5) is 10.5 Å². The molecular weight excluding hydrogens is 648 g/mol. The van der Waals surface area contributed by atoms with Crippen LogP contribution in [0.1, 0.15) is 82.5 Å². The summed E-state index contributed by atoms with van der Waals surface area (Å²) in [6.45, 7) is 6.43. The molecule has 4 rings (SSSR count). The van der Waals surface area contributed by atoms with Crippen molar-refractivity contribution in [2.45, 2.75) is 101 Å². The number of hydrogen-bond donors (Lipinski definition) is 3. The minimum atomic E-state index is -3.99. The van der Waals surface area contributed by atoms with Gasteiger partial charge in [0.05, 0.1) is 42.4 Å². The zero-order valence-electron chi connectivity index (χ0n) is 29.5. The zero-order valence-corrected chi connectivity index (χ0v) is 30.3. The van der Waals surface area contributed by atoms with Crippen LogP contribution < -0.4 is 19.5 Å². The van der Waals surface area contributed by atoms with E-state index in [2.05, 4.69) is 10.0 Å². The Labute approximate surface area is 291 Å². The van der Waals surface area contributed by atoms with Gasteiger partial charge in [-0.1, -0.05) is 26.2 Å². The van der Waals surface area contributed by atoms with E-state index >= 15 is 0 Å². The molecule has 0 saturated heterocycles. The summed E-state index contributed by atoms with van der Waals surface area (Å²) in [6.07, 6.45) is 7.14.